The highest BCUT2D eigenvalue weighted by Crippen LogP contribution is 2.34. The molecule has 1 aromatic rings. The van der Waals surface area contributed by atoms with Crippen LogP contribution in [0.1, 0.15) is 44.0 Å². The van der Waals surface area contributed by atoms with Crippen molar-refractivity contribution < 1.29 is 9.53 Å². The highest BCUT2D eigenvalue weighted by Gasteiger charge is 2.29. The molecule has 0 aliphatic carbocycles. The van der Waals surface area contributed by atoms with E-state index in [2.05, 4.69) is 36.7 Å². The van der Waals surface area contributed by atoms with E-state index < -0.39 is 0 Å². The number of rotatable bonds is 1. The Morgan fingerprint density at radius 3 is 2.76 bits per heavy atom. The van der Waals surface area contributed by atoms with E-state index in [9.17, 15) is 4.79 Å². The molecular formula is C14H17BrO2. The van der Waals surface area contributed by atoms with Gasteiger partial charge >= 0.3 is 0 Å². The van der Waals surface area contributed by atoms with E-state index in [1.807, 2.05) is 18.2 Å². The van der Waals surface area contributed by atoms with Crippen molar-refractivity contribution in [2.45, 2.75) is 39.7 Å². The maximum atomic E-state index is 12.0. The van der Waals surface area contributed by atoms with E-state index in [0.29, 0.717) is 12.0 Å². The van der Waals surface area contributed by atoms with Crippen LogP contribution in [0.2, 0.25) is 0 Å². The lowest BCUT2D eigenvalue weighted by Gasteiger charge is -2.30. The molecule has 92 valence electrons. The lowest BCUT2D eigenvalue weighted by atomic mass is 9.86. The molecule has 0 bridgehead atoms. The van der Waals surface area contributed by atoms with Gasteiger partial charge in [-0.3, -0.25) is 4.79 Å². The number of benzene rings is 1. The van der Waals surface area contributed by atoms with Gasteiger partial charge in [-0.2, -0.15) is 0 Å². The van der Waals surface area contributed by atoms with Gasteiger partial charge in [0.05, 0.1) is 5.56 Å². The fourth-order valence-electron chi connectivity index (χ4n) is 2.16. The molecular weight excluding hydrogens is 280 g/mol. The van der Waals surface area contributed by atoms with Crippen LogP contribution in [0.5, 0.6) is 5.75 Å². The van der Waals surface area contributed by atoms with Gasteiger partial charge in [-0.15, -0.1) is 0 Å². The molecule has 1 heterocycles. The molecule has 17 heavy (non-hydrogen) atoms. The number of carbonyl (C=O) groups is 1. The second-order valence-electron chi connectivity index (χ2n) is 5.77. The minimum Gasteiger partial charge on any atom is -0.489 e. The largest absolute Gasteiger partial charge is 0.489 e. The van der Waals surface area contributed by atoms with Crippen molar-refractivity contribution in [1.82, 2.24) is 0 Å². The first-order valence-electron chi connectivity index (χ1n) is 5.84. The molecule has 0 fully saturated rings. The van der Waals surface area contributed by atoms with Crippen molar-refractivity contribution in [3.05, 3.63) is 28.2 Å². The normalized spacial score (nSPS) is 19.8. The number of halogens is 1. The van der Waals surface area contributed by atoms with E-state index in [1.54, 1.807) is 0 Å². The first-order valence-corrected chi connectivity index (χ1v) is 6.64. The third-order valence-electron chi connectivity index (χ3n) is 2.79. The van der Waals surface area contributed by atoms with Crippen LogP contribution in [0, 0.1) is 5.41 Å². The Hall–Kier alpha value is -0.830. The van der Waals surface area contributed by atoms with Crippen LogP contribution in [-0.2, 0) is 0 Å². The highest BCUT2D eigenvalue weighted by molar-refractivity contribution is 9.10. The molecule has 0 N–H and O–H groups in total. The summed E-state index contributed by atoms with van der Waals surface area (Å²) in [6.45, 7) is 6.49. The number of Topliss-reactive ketones (excluding diaryl/α,β-unsaturated/α-hetero) is 1. The summed E-state index contributed by atoms with van der Waals surface area (Å²) in [5, 5.41) is 0. The van der Waals surface area contributed by atoms with E-state index >= 15 is 0 Å². The highest BCUT2D eigenvalue weighted by atomic mass is 79.9. The maximum absolute atomic E-state index is 12.0. The molecule has 1 aliphatic heterocycles. The SMILES string of the molecule is CC(C)(C)CC1CC(=O)c2cc(Br)ccc2O1. The van der Waals surface area contributed by atoms with Crippen molar-refractivity contribution in [3.8, 4) is 5.75 Å². The summed E-state index contributed by atoms with van der Waals surface area (Å²) in [4.78, 5) is 12.0. The fourth-order valence-corrected chi connectivity index (χ4v) is 2.52. The van der Waals surface area contributed by atoms with E-state index in [1.165, 1.54) is 0 Å². The van der Waals surface area contributed by atoms with Crippen LogP contribution in [0.4, 0.5) is 0 Å². The standard InChI is InChI=1S/C14H17BrO2/c1-14(2,3)8-10-7-12(16)11-6-9(15)4-5-13(11)17-10/h4-6,10H,7-8H2,1-3H3. The van der Waals surface area contributed by atoms with Crippen molar-refractivity contribution in [3.63, 3.8) is 0 Å². The molecule has 3 heteroatoms. The Morgan fingerprint density at radius 2 is 2.12 bits per heavy atom. The lowest BCUT2D eigenvalue weighted by Crippen LogP contribution is -2.30. The second kappa shape index (κ2) is 4.45. The van der Waals surface area contributed by atoms with Gasteiger partial charge in [0.1, 0.15) is 11.9 Å². The summed E-state index contributed by atoms with van der Waals surface area (Å²) in [6, 6.07) is 5.61. The van der Waals surface area contributed by atoms with Crippen molar-refractivity contribution in [1.29, 1.82) is 0 Å². The van der Waals surface area contributed by atoms with Crippen molar-refractivity contribution in [2.24, 2.45) is 5.41 Å². The van der Waals surface area contributed by atoms with Gasteiger partial charge in [0, 0.05) is 10.9 Å². The lowest BCUT2D eigenvalue weighted by molar-refractivity contribution is 0.0776. The Balaban J connectivity index is 2.22. The van der Waals surface area contributed by atoms with Gasteiger partial charge in [0.15, 0.2) is 5.78 Å². The van der Waals surface area contributed by atoms with Gasteiger partial charge in [-0.05, 0) is 30.0 Å². The molecule has 2 rings (SSSR count). The number of hydrogen-bond donors (Lipinski definition) is 0. The van der Waals surface area contributed by atoms with Crippen LogP contribution < -0.4 is 4.74 Å². The average molecular weight is 297 g/mol. The molecule has 0 saturated heterocycles. The second-order valence-corrected chi connectivity index (χ2v) is 6.69. The number of fused-ring (bicyclic) bond motifs is 1. The number of hydrogen-bond acceptors (Lipinski definition) is 2. The van der Waals surface area contributed by atoms with Gasteiger partial charge < -0.3 is 4.74 Å². The molecule has 0 spiro atoms. The molecule has 1 atom stereocenters. The van der Waals surface area contributed by atoms with E-state index in [-0.39, 0.29) is 17.3 Å². The molecule has 1 aliphatic rings. The Morgan fingerprint density at radius 1 is 1.41 bits per heavy atom. The van der Waals surface area contributed by atoms with Gasteiger partial charge in [-0.25, -0.2) is 0 Å². The van der Waals surface area contributed by atoms with E-state index in [4.69, 9.17) is 4.74 Å². The molecule has 0 radical (unpaired) electrons. The Kier molecular flexibility index (Phi) is 3.30. The third-order valence-corrected chi connectivity index (χ3v) is 3.28. The fraction of sp³-hybridized carbons (Fsp3) is 0.500. The number of ether oxygens (including phenoxy) is 1. The first-order chi connectivity index (χ1) is 7.85. The van der Waals surface area contributed by atoms with Crippen molar-refractivity contribution >= 4 is 21.7 Å². The van der Waals surface area contributed by atoms with E-state index in [0.717, 1.165) is 16.6 Å². The molecule has 1 aromatic carbocycles. The topological polar surface area (TPSA) is 26.3 Å². The Labute approximate surface area is 110 Å². The van der Waals surface area contributed by atoms with Gasteiger partial charge in [0.2, 0.25) is 0 Å². The smallest absolute Gasteiger partial charge is 0.170 e. The zero-order valence-corrected chi connectivity index (χ0v) is 12.0. The molecule has 0 amide bonds. The predicted molar refractivity (Wildman–Crippen MR) is 71.6 cm³/mol. The third kappa shape index (κ3) is 3.09. The van der Waals surface area contributed by atoms with Gasteiger partial charge in [0.25, 0.3) is 0 Å². The number of ketones is 1. The number of carbonyl (C=O) groups excluding carboxylic acids is 1. The van der Waals surface area contributed by atoms with Crippen LogP contribution in [-0.4, -0.2) is 11.9 Å². The first kappa shape index (κ1) is 12.6. The van der Waals surface area contributed by atoms with Crippen molar-refractivity contribution in [2.75, 3.05) is 0 Å². The minimum atomic E-state index is 0.0103. The van der Waals surface area contributed by atoms with Crippen LogP contribution in [0.25, 0.3) is 0 Å². The summed E-state index contributed by atoms with van der Waals surface area (Å²) < 4.78 is 6.81. The van der Waals surface area contributed by atoms with Crippen LogP contribution >= 0.6 is 15.9 Å². The molecule has 0 aromatic heterocycles. The zero-order valence-electron chi connectivity index (χ0n) is 10.4. The predicted octanol–water partition coefficient (Wildman–Crippen LogP) is 4.22. The molecule has 0 saturated carbocycles. The van der Waals surface area contributed by atoms with Crippen LogP contribution in [0.15, 0.2) is 22.7 Å². The Bertz CT molecular complexity index is 446. The molecule has 1 unspecified atom stereocenters. The summed E-state index contributed by atoms with van der Waals surface area (Å²) in [7, 11) is 0. The molecule has 2 nitrogen and oxygen atoms in total. The zero-order chi connectivity index (χ0) is 12.6. The average Bonchev–Trinajstić information content (AvgIpc) is 2.17. The monoisotopic (exact) mass is 296 g/mol. The summed E-state index contributed by atoms with van der Waals surface area (Å²) in [5.74, 6) is 0.903. The maximum Gasteiger partial charge on any atom is 0.170 e. The summed E-state index contributed by atoms with van der Waals surface area (Å²) in [5.41, 5.74) is 0.877. The quantitative estimate of drug-likeness (QED) is 0.776. The van der Waals surface area contributed by atoms with Gasteiger partial charge in [-0.1, -0.05) is 36.7 Å². The van der Waals surface area contributed by atoms with Crippen LogP contribution in [0.3, 0.4) is 0 Å². The summed E-state index contributed by atoms with van der Waals surface area (Å²) >= 11 is 3.37. The summed E-state index contributed by atoms with van der Waals surface area (Å²) in [6.07, 6.45) is 1.39. The minimum absolute atomic E-state index is 0.0103.